The Morgan fingerprint density at radius 3 is 2.10 bits per heavy atom. The summed E-state index contributed by atoms with van der Waals surface area (Å²) in [5, 5.41) is 22.3. The molecule has 0 saturated carbocycles. The number of phenols is 1. The first-order chi connectivity index (χ1) is 14.9. The van der Waals surface area contributed by atoms with Gasteiger partial charge >= 0.3 is 5.97 Å². The van der Waals surface area contributed by atoms with E-state index in [9.17, 15) is 14.7 Å². The van der Waals surface area contributed by atoms with E-state index < -0.39 is 18.3 Å². The van der Waals surface area contributed by atoms with Gasteiger partial charge in [0.1, 0.15) is 6.54 Å². The van der Waals surface area contributed by atoms with Gasteiger partial charge in [-0.2, -0.15) is 0 Å². The predicted molar refractivity (Wildman–Crippen MR) is 110 cm³/mol. The number of carbonyl (C=O) groups is 2. The molecule has 31 heavy (non-hydrogen) atoms. The average Bonchev–Trinajstić information content (AvgIpc) is 3.15. The fourth-order valence-electron chi connectivity index (χ4n) is 3.16. The third-order valence-corrected chi connectivity index (χ3v) is 4.57. The van der Waals surface area contributed by atoms with Crippen LogP contribution in [0.25, 0.3) is 11.0 Å². The molecule has 0 saturated heterocycles. The Hall–Kier alpha value is -4.08. The summed E-state index contributed by atoms with van der Waals surface area (Å²) in [5.74, 6) is -1.13. The summed E-state index contributed by atoms with van der Waals surface area (Å²) in [5.41, 5.74) is 0.178. The third kappa shape index (κ3) is 3.87. The quantitative estimate of drug-likeness (QED) is 0.434. The van der Waals surface area contributed by atoms with Gasteiger partial charge in [-0.15, -0.1) is 0 Å². The summed E-state index contributed by atoms with van der Waals surface area (Å²) >= 11 is 0. The minimum atomic E-state index is -1.16. The van der Waals surface area contributed by atoms with Crippen LogP contribution in [0.3, 0.4) is 0 Å². The Morgan fingerprint density at radius 2 is 1.58 bits per heavy atom. The number of anilines is 1. The summed E-state index contributed by atoms with van der Waals surface area (Å²) in [4.78, 5) is 24.5. The van der Waals surface area contributed by atoms with Gasteiger partial charge < -0.3 is 38.9 Å². The van der Waals surface area contributed by atoms with Gasteiger partial charge in [-0.1, -0.05) is 0 Å². The molecule has 0 radical (unpaired) electrons. The number of benzene rings is 2. The summed E-state index contributed by atoms with van der Waals surface area (Å²) in [6.45, 7) is -0.507. The van der Waals surface area contributed by atoms with Crippen molar-refractivity contribution in [1.82, 2.24) is 0 Å². The van der Waals surface area contributed by atoms with E-state index in [1.54, 1.807) is 0 Å². The first-order valence-electron chi connectivity index (χ1n) is 8.99. The highest BCUT2D eigenvalue weighted by Gasteiger charge is 2.27. The number of ketones is 1. The van der Waals surface area contributed by atoms with Crippen LogP contribution in [0.2, 0.25) is 0 Å². The number of fused-ring (bicyclic) bond motifs is 1. The van der Waals surface area contributed by atoms with Crippen molar-refractivity contribution in [2.45, 2.75) is 0 Å². The third-order valence-electron chi connectivity index (χ3n) is 4.57. The van der Waals surface area contributed by atoms with E-state index in [1.165, 1.54) is 52.7 Å². The number of aromatic hydroxyl groups is 1. The van der Waals surface area contributed by atoms with E-state index in [4.69, 9.17) is 28.5 Å². The van der Waals surface area contributed by atoms with E-state index in [0.717, 1.165) is 0 Å². The molecule has 0 unspecified atom stereocenters. The minimum absolute atomic E-state index is 0.0250. The molecule has 1 aromatic heterocycles. The van der Waals surface area contributed by atoms with Crippen LogP contribution in [-0.2, 0) is 4.79 Å². The van der Waals surface area contributed by atoms with Crippen molar-refractivity contribution >= 4 is 28.6 Å². The lowest BCUT2D eigenvalue weighted by atomic mass is 10.0. The van der Waals surface area contributed by atoms with Crippen LogP contribution in [0.15, 0.2) is 28.7 Å². The van der Waals surface area contributed by atoms with E-state index in [2.05, 4.69) is 5.32 Å². The molecule has 10 nitrogen and oxygen atoms in total. The van der Waals surface area contributed by atoms with Crippen LogP contribution in [-0.4, -0.2) is 56.9 Å². The number of carboxylic acid groups (broad SMARTS) is 1. The van der Waals surface area contributed by atoms with Gasteiger partial charge in [0.25, 0.3) is 0 Å². The van der Waals surface area contributed by atoms with Crippen LogP contribution in [0, 0.1) is 0 Å². The molecule has 0 atom stereocenters. The van der Waals surface area contributed by atoms with Crippen molar-refractivity contribution in [3.63, 3.8) is 0 Å². The molecule has 0 aliphatic carbocycles. The zero-order valence-electron chi connectivity index (χ0n) is 17.3. The maximum atomic E-state index is 13.5. The number of carbonyl (C=O) groups excluding carboxylic acids is 1. The molecular formula is C21H21NO9. The monoisotopic (exact) mass is 431 g/mol. The Balaban J connectivity index is 2.23. The highest BCUT2D eigenvalue weighted by Crippen LogP contribution is 2.43. The average molecular weight is 431 g/mol. The molecule has 0 bridgehead atoms. The maximum Gasteiger partial charge on any atom is 0.322 e. The molecule has 0 fully saturated rings. The van der Waals surface area contributed by atoms with Gasteiger partial charge in [0, 0.05) is 10.9 Å². The van der Waals surface area contributed by atoms with Crippen molar-refractivity contribution < 1.29 is 43.2 Å². The van der Waals surface area contributed by atoms with Crippen molar-refractivity contribution in [1.29, 1.82) is 0 Å². The Kier molecular flexibility index (Phi) is 6.10. The van der Waals surface area contributed by atoms with Gasteiger partial charge in [0.2, 0.25) is 17.4 Å². The molecule has 164 valence electrons. The standard InChI is InChI=1S/C21H21NO9/c1-27-12-6-5-11-16(21(22-9-15(23)24)31-19(11)18(12)26)17(25)10-7-13(28-2)20(30-4)14(8-10)29-3/h5-8,22,26H,9H2,1-4H3,(H,23,24). The zero-order valence-corrected chi connectivity index (χ0v) is 17.3. The summed E-state index contributed by atoms with van der Waals surface area (Å²) in [7, 11) is 5.65. The van der Waals surface area contributed by atoms with E-state index >= 15 is 0 Å². The second kappa shape index (κ2) is 8.74. The van der Waals surface area contributed by atoms with Crippen LogP contribution < -0.4 is 24.3 Å². The number of hydrogen-bond acceptors (Lipinski definition) is 9. The number of phenolic OH excluding ortho intramolecular Hbond substituents is 1. The second-order valence-electron chi connectivity index (χ2n) is 6.29. The van der Waals surface area contributed by atoms with Crippen LogP contribution >= 0.6 is 0 Å². The topological polar surface area (TPSA) is 137 Å². The highest BCUT2D eigenvalue weighted by atomic mass is 16.5. The van der Waals surface area contributed by atoms with Crippen LogP contribution in [0.4, 0.5) is 5.88 Å². The molecule has 0 aliphatic heterocycles. The number of furan rings is 1. The zero-order chi connectivity index (χ0) is 22.7. The molecule has 0 spiro atoms. The number of ether oxygens (including phenoxy) is 4. The molecule has 0 aliphatic rings. The highest BCUT2D eigenvalue weighted by molar-refractivity contribution is 6.20. The Labute approximate surface area is 176 Å². The van der Waals surface area contributed by atoms with Crippen molar-refractivity contribution in [3.8, 4) is 28.7 Å². The van der Waals surface area contributed by atoms with Gasteiger partial charge in [-0.05, 0) is 24.3 Å². The van der Waals surface area contributed by atoms with Gasteiger partial charge in [0.05, 0.1) is 34.0 Å². The number of nitrogens with one attached hydrogen (secondary N) is 1. The fraction of sp³-hybridized carbons (Fsp3) is 0.238. The molecular weight excluding hydrogens is 410 g/mol. The summed E-state index contributed by atoms with van der Waals surface area (Å²) < 4.78 is 26.6. The lowest BCUT2D eigenvalue weighted by molar-refractivity contribution is -0.134. The molecule has 0 amide bonds. The SMILES string of the molecule is COc1cc(C(=O)c2c(NCC(=O)O)oc3c(O)c(OC)ccc23)cc(OC)c1OC. The smallest absolute Gasteiger partial charge is 0.322 e. The van der Waals surface area contributed by atoms with E-state index in [0.29, 0.717) is 5.75 Å². The molecule has 3 aromatic rings. The largest absolute Gasteiger partial charge is 0.502 e. The van der Waals surface area contributed by atoms with Crippen LogP contribution in [0.1, 0.15) is 15.9 Å². The number of carboxylic acids is 1. The molecule has 10 heteroatoms. The van der Waals surface area contributed by atoms with E-state index in [-0.39, 0.29) is 51.0 Å². The van der Waals surface area contributed by atoms with Crippen molar-refractivity contribution in [3.05, 3.63) is 35.4 Å². The summed E-state index contributed by atoms with van der Waals surface area (Å²) in [6, 6.07) is 5.94. The normalized spacial score (nSPS) is 10.6. The molecule has 1 heterocycles. The van der Waals surface area contributed by atoms with Crippen molar-refractivity contribution in [2.75, 3.05) is 40.3 Å². The van der Waals surface area contributed by atoms with Gasteiger partial charge in [-0.3, -0.25) is 9.59 Å². The molecule has 2 aromatic carbocycles. The van der Waals surface area contributed by atoms with Gasteiger partial charge in [-0.25, -0.2) is 0 Å². The second-order valence-corrected chi connectivity index (χ2v) is 6.29. The first kappa shape index (κ1) is 21.6. The lowest BCUT2D eigenvalue weighted by Crippen LogP contribution is -2.14. The molecule has 3 N–H and O–H groups in total. The van der Waals surface area contributed by atoms with Crippen LogP contribution in [0.5, 0.6) is 28.7 Å². The number of rotatable bonds is 9. The fourth-order valence-corrected chi connectivity index (χ4v) is 3.16. The van der Waals surface area contributed by atoms with E-state index in [1.807, 2.05) is 0 Å². The predicted octanol–water partition coefficient (Wildman–Crippen LogP) is 2.90. The van der Waals surface area contributed by atoms with Gasteiger partial charge in [0.15, 0.2) is 28.6 Å². The number of hydrogen-bond donors (Lipinski definition) is 3. The number of aliphatic carboxylic acids is 1. The first-order valence-corrected chi connectivity index (χ1v) is 8.99. The summed E-state index contributed by atoms with van der Waals surface area (Å²) in [6.07, 6.45) is 0. The Morgan fingerprint density at radius 1 is 0.968 bits per heavy atom. The Bertz CT molecular complexity index is 1120. The van der Waals surface area contributed by atoms with Crippen molar-refractivity contribution in [2.24, 2.45) is 0 Å². The lowest BCUT2D eigenvalue weighted by Gasteiger charge is -2.14. The molecule has 3 rings (SSSR count). The minimum Gasteiger partial charge on any atom is -0.502 e. The number of methoxy groups -OCH3 is 4. The maximum absolute atomic E-state index is 13.5.